The molecule has 1 saturated heterocycles. The highest BCUT2D eigenvalue weighted by Gasteiger charge is 2.23. The molecule has 4 nitrogen and oxygen atoms in total. The number of carbonyl (C=O) groups is 1. The lowest BCUT2D eigenvalue weighted by Crippen LogP contribution is -2.41. The Kier molecular flexibility index (Phi) is 6.46. The standard InChI is InChI=1S/C21H25NO3/c23-21(17-25-20-9-5-2-6-10-20)22-13-11-19(12-14-22)16-24-15-18-7-3-1-4-8-18/h1-10,19H,11-17H2. The maximum absolute atomic E-state index is 12.2. The van der Waals surface area contributed by atoms with Gasteiger partial charge in [-0.1, -0.05) is 48.5 Å². The molecular weight excluding hydrogens is 314 g/mol. The van der Waals surface area contributed by atoms with E-state index in [9.17, 15) is 4.79 Å². The second kappa shape index (κ2) is 9.23. The number of carbonyl (C=O) groups excluding carboxylic acids is 1. The van der Waals surface area contributed by atoms with Crippen LogP contribution in [0.4, 0.5) is 0 Å². The van der Waals surface area contributed by atoms with Crippen LogP contribution in [0.15, 0.2) is 60.7 Å². The van der Waals surface area contributed by atoms with Gasteiger partial charge in [0, 0.05) is 19.7 Å². The second-order valence-electron chi connectivity index (χ2n) is 6.43. The predicted molar refractivity (Wildman–Crippen MR) is 97.3 cm³/mol. The largest absolute Gasteiger partial charge is 0.484 e. The third kappa shape index (κ3) is 5.61. The van der Waals surface area contributed by atoms with Crippen LogP contribution in [0.25, 0.3) is 0 Å². The summed E-state index contributed by atoms with van der Waals surface area (Å²) in [4.78, 5) is 14.1. The number of amides is 1. The SMILES string of the molecule is O=C(COc1ccccc1)N1CCC(COCc2ccccc2)CC1. The van der Waals surface area contributed by atoms with E-state index in [1.165, 1.54) is 5.56 Å². The number of nitrogens with zero attached hydrogens (tertiary/aromatic N) is 1. The number of hydrogen-bond acceptors (Lipinski definition) is 3. The Morgan fingerprint density at radius 2 is 1.60 bits per heavy atom. The monoisotopic (exact) mass is 339 g/mol. The zero-order valence-electron chi connectivity index (χ0n) is 14.5. The van der Waals surface area contributed by atoms with Crippen LogP contribution in [-0.4, -0.2) is 37.1 Å². The zero-order chi connectivity index (χ0) is 17.3. The van der Waals surface area contributed by atoms with Crippen molar-refractivity contribution in [2.24, 2.45) is 5.92 Å². The van der Waals surface area contributed by atoms with Gasteiger partial charge in [0.2, 0.25) is 0 Å². The van der Waals surface area contributed by atoms with Gasteiger partial charge in [0.1, 0.15) is 5.75 Å². The van der Waals surface area contributed by atoms with Gasteiger partial charge in [0.25, 0.3) is 5.91 Å². The van der Waals surface area contributed by atoms with Crippen LogP contribution in [0.5, 0.6) is 5.75 Å². The lowest BCUT2D eigenvalue weighted by atomic mass is 9.98. The molecule has 1 amide bonds. The van der Waals surface area contributed by atoms with E-state index in [4.69, 9.17) is 9.47 Å². The maximum atomic E-state index is 12.2. The van der Waals surface area contributed by atoms with Crippen LogP contribution in [0.1, 0.15) is 18.4 Å². The number of hydrogen-bond donors (Lipinski definition) is 0. The quantitative estimate of drug-likeness (QED) is 0.775. The van der Waals surface area contributed by atoms with Gasteiger partial charge in [0.05, 0.1) is 6.61 Å². The highest BCUT2D eigenvalue weighted by atomic mass is 16.5. The number of ether oxygens (including phenoxy) is 2. The summed E-state index contributed by atoms with van der Waals surface area (Å²) in [6.45, 7) is 3.11. The molecular formula is C21H25NO3. The van der Waals surface area contributed by atoms with Crippen LogP contribution >= 0.6 is 0 Å². The van der Waals surface area contributed by atoms with Gasteiger partial charge in [-0.2, -0.15) is 0 Å². The van der Waals surface area contributed by atoms with Crippen LogP contribution in [0, 0.1) is 5.92 Å². The molecule has 0 N–H and O–H groups in total. The zero-order valence-corrected chi connectivity index (χ0v) is 14.5. The molecule has 1 heterocycles. The third-order valence-corrected chi connectivity index (χ3v) is 4.54. The molecule has 0 unspecified atom stereocenters. The summed E-state index contributed by atoms with van der Waals surface area (Å²) in [5.74, 6) is 1.33. The van der Waals surface area contributed by atoms with Crippen molar-refractivity contribution in [3.63, 3.8) is 0 Å². The van der Waals surface area contributed by atoms with Crippen molar-refractivity contribution < 1.29 is 14.3 Å². The first-order valence-corrected chi connectivity index (χ1v) is 8.88. The summed E-state index contributed by atoms with van der Waals surface area (Å²) in [6, 6.07) is 19.7. The number of para-hydroxylation sites is 1. The van der Waals surface area contributed by atoms with E-state index in [0.29, 0.717) is 12.5 Å². The highest BCUT2D eigenvalue weighted by Crippen LogP contribution is 2.18. The summed E-state index contributed by atoms with van der Waals surface area (Å²) in [6.07, 6.45) is 1.98. The van der Waals surface area contributed by atoms with Crippen LogP contribution in [-0.2, 0) is 16.1 Å². The first-order chi connectivity index (χ1) is 12.3. The molecule has 1 aliphatic rings. The van der Waals surface area contributed by atoms with E-state index >= 15 is 0 Å². The smallest absolute Gasteiger partial charge is 0.260 e. The number of piperidine rings is 1. The van der Waals surface area contributed by atoms with Crippen molar-refractivity contribution in [1.29, 1.82) is 0 Å². The van der Waals surface area contributed by atoms with Crippen molar-refractivity contribution in [2.45, 2.75) is 19.4 Å². The Morgan fingerprint density at radius 1 is 0.960 bits per heavy atom. The van der Waals surface area contributed by atoms with Crippen LogP contribution in [0.3, 0.4) is 0 Å². The lowest BCUT2D eigenvalue weighted by Gasteiger charge is -2.31. The van der Waals surface area contributed by atoms with Crippen LogP contribution < -0.4 is 4.74 Å². The maximum Gasteiger partial charge on any atom is 0.260 e. The molecule has 2 aromatic rings. The van der Waals surface area contributed by atoms with Gasteiger partial charge in [-0.25, -0.2) is 0 Å². The Bertz CT molecular complexity index is 637. The first-order valence-electron chi connectivity index (χ1n) is 8.88. The molecule has 132 valence electrons. The summed E-state index contributed by atoms with van der Waals surface area (Å²) < 4.78 is 11.4. The predicted octanol–water partition coefficient (Wildman–Crippen LogP) is 3.52. The summed E-state index contributed by atoms with van der Waals surface area (Å²) in [5.41, 5.74) is 1.20. The molecule has 0 aliphatic carbocycles. The first kappa shape index (κ1) is 17.5. The van der Waals surface area contributed by atoms with Crippen molar-refractivity contribution in [2.75, 3.05) is 26.3 Å². The van der Waals surface area contributed by atoms with E-state index in [-0.39, 0.29) is 12.5 Å². The molecule has 0 bridgehead atoms. The number of rotatable bonds is 7. The molecule has 0 radical (unpaired) electrons. The lowest BCUT2D eigenvalue weighted by molar-refractivity contribution is -0.135. The van der Waals surface area contributed by atoms with Gasteiger partial charge >= 0.3 is 0 Å². The van der Waals surface area contributed by atoms with Crippen LogP contribution in [0.2, 0.25) is 0 Å². The fourth-order valence-corrected chi connectivity index (χ4v) is 3.02. The fourth-order valence-electron chi connectivity index (χ4n) is 3.02. The fraction of sp³-hybridized carbons (Fsp3) is 0.381. The molecule has 0 aromatic heterocycles. The normalized spacial score (nSPS) is 15.1. The van der Waals surface area contributed by atoms with Gasteiger partial charge in [-0.3, -0.25) is 4.79 Å². The Hall–Kier alpha value is -2.33. The topological polar surface area (TPSA) is 38.8 Å². The minimum Gasteiger partial charge on any atom is -0.484 e. The molecule has 4 heteroatoms. The van der Waals surface area contributed by atoms with E-state index in [1.807, 2.05) is 53.4 Å². The molecule has 2 aromatic carbocycles. The van der Waals surface area contributed by atoms with E-state index in [0.717, 1.165) is 38.3 Å². The van der Waals surface area contributed by atoms with Gasteiger partial charge < -0.3 is 14.4 Å². The number of likely N-dealkylation sites (tertiary alicyclic amines) is 1. The molecule has 0 spiro atoms. The second-order valence-corrected chi connectivity index (χ2v) is 6.43. The molecule has 0 saturated carbocycles. The summed E-state index contributed by atoms with van der Waals surface area (Å²) in [7, 11) is 0. The van der Waals surface area contributed by atoms with E-state index < -0.39 is 0 Å². The molecule has 3 rings (SSSR count). The van der Waals surface area contributed by atoms with Gasteiger partial charge in [0.15, 0.2) is 6.61 Å². The summed E-state index contributed by atoms with van der Waals surface area (Å²) in [5, 5.41) is 0. The van der Waals surface area contributed by atoms with Gasteiger partial charge in [-0.05, 0) is 36.5 Å². The molecule has 1 fully saturated rings. The van der Waals surface area contributed by atoms with Gasteiger partial charge in [-0.15, -0.1) is 0 Å². The molecule has 25 heavy (non-hydrogen) atoms. The number of benzene rings is 2. The van der Waals surface area contributed by atoms with Crippen molar-refractivity contribution in [3.8, 4) is 5.75 Å². The highest BCUT2D eigenvalue weighted by molar-refractivity contribution is 5.77. The van der Waals surface area contributed by atoms with Crippen molar-refractivity contribution in [3.05, 3.63) is 66.2 Å². The minimum absolute atomic E-state index is 0.0625. The summed E-state index contributed by atoms with van der Waals surface area (Å²) >= 11 is 0. The van der Waals surface area contributed by atoms with Crippen molar-refractivity contribution in [1.82, 2.24) is 4.90 Å². The third-order valence-electron chi connectivity index (χ3n) is 4.54. The average molecular weight is 339 g/mol. The Balaban J connectivity index is 1.33. The van der Waals surface area contributed by atoms with E-state index in [2.05, 4.69) is 12.1 Å². The minimum atomic E-state index is 0.0625. The van der Waals surface area contributed by atoms with Crippen molar-refractivity contribution >= 4 is 5.91 Å². The Labute approximate surface area is 149 Å². The Morgan fingerprint density at radius 3 is 2.28 bits per heavy atom. The average Bonchev–Trinajstić information content (AvgIpc) is 2.68. The molecule has 0 atom stereocenters. The van der Waals surface area contributed by atoms with E-state index in [1.54, 1.807) is 0 Å². The molecule has 1 aliphatic heterocycles.